The second-order valence-electron chi connectivity index (χ2n) is 6.98. The Hall–Kier alpha value is -2.61. The van der Waals surface area contributed by atoms with Crippen molar-refractivity contribution in [3.63, 3.8) is 0 Å². The van der Waals surface area contributed by atoms with Crippen LogP contribution in [0, 0.1) is 0 Å². The van der Waals surface area contributed by atoms with Gasteiger partial charge in [0.05, 0.1) is 23.0 Å². The van der Waals surface area contributed by atoms with E-state index in [4.69, 9.17) is 13.7 Å². The van der Waals surface area contributed by atoms with E-state index in [0.29, 0.717) is 6.26 Å². The Labute approximate surface area is 189 Å². The van der Waals surface area contributed by atoms with Crippen LogP contribution in [0.2, 0.25) is 0 Å². The van der Waals surface area contributed by atoms with Crippen LogP contribution in [0.3, 0.4) is 0 Å². The molecule has 33 heavy (non-hydrogen) atoms. The van der Waals surface area contributed by atoms with Gasteiger partial charge < -0.3 is 13.7 Å². The molecule has 1 unspecified atom stereocenters. The van der Waals surface area contributed by atoms with Crippen LogP contribution in [0.15, 0.2) is 36.4 Å². The van der Waals surface area contributed by atoms with E-state index < -0.39 is 61.9 Å². The highest BCUT2D eigenvalue weighted by atomic mass is 32.2. The molecule has 1 aromatic rings. The van der Waals surface area contributed by atoms with Gasteiger partial charge in [-0.1, -0.05) is 6.58 Å². The predicted molar refractivity (Wildman–Crippen MR) is 111 cm³/mol. The van der Waals surface area contributed by atoms with Crippen LogP contribution < -0.4 is 4.18 Å². The standard InChI is InChI=1S/C19H23F3O9S2/c1-13(2)17(23)29-9-10-30-18(24)14-4-6-15(7-5-14)31-33(27,28)11-8-16(32(3,25)26)12-19(20,21)22/h4-7,16H,1,8-12H2,2-3H3. The summed E-state index contributed by atoms with van der Waals surface area (Å²) in [6.07, 6.45) is -6.67. The topological polar surface area (TPSA) is 130 Å². The van der Waals surface area contributed by atoms with Gasteiger partial charge in [0.15, 0.2) is 9.84 Å². The van der Waals surface area contributed by atoms with Gasteiger partial charge in [-0.05, 0) is 37.6 Å². The van der Waals surface area contributed by atoms with Crippen LogP contribution >= 0.6 is 0 Å². The molecule has 0 saturated carbocycles. The quantitative estimate of drug-likeness (QED) is 0.178. The Balaban J connectivity index is 2.65. The summed E-state index contributed by atoms with van der Waals surface area (Å²) in [5, 5.41) is -1.93. The molecule has 1 atom stereocenters. The first kappa shape index (κ1) is 28.4. The smallest absolute Gasteiger partial charge is 0.390 e. The fraction of sp³-hybridized carbons (Fsp3) is 0.474. The van der Waals surface area contributed by atoms with Crippen molar-refractivity contribution >= 4 is 31.9 Å². The van der Waals surface area contributed by atoms with Crippen LogP contribution in [-0.2, 0) is 34.2 Å². The lowest BCUT2D eigenvalue weighted by molar-refractivity contribution is -0.140. The molecule has 0 aromatic heterocycles. The number of carbonyl (C=O) groups is 2. The first-order valence-electron chi connectivity index (χ1n) is 9.28. The highest BCUT2D eigenvalue weighted by Crippen LogP contribution is 2.27. The van der Waals surface area contributed by atoms with Crippen LogP contribution in [-0.4, -0.2) is 65.4 Å². The summed E-state index contributed by atoms with van der Waals surface area (Å²) in [6.45, 7) is 4.41. The number of hydrogen-bond acceptors (Lipinski definition) is 9. The zero-order valence-electron chi connectivity index (χ0n) is 17.8. The van der Waals surface area contributed by atoms with Crippen molar-refractivity contribution in [1.82, 2.24) is 0 Å². The second kappa shape index (κ2) is 11.5. The summed E-state index contributed by atoms with van der Waals surface area (Å²) in [7, 11) is -8.57. The summed E-state index contributed by atoms with van der Waals surface area (Å²) in [6, 6.07) is 4.57. The highest BCUT2D eigenvalue weighted by Gasteiger charge is 2.37. The maximum Gasteiger partial charge on any atom is 0.390 e. The molecule has 0 N–H and O–H groups in total. The van der Waals surface area contributed by atoms with Crippen LogP contribution in [0.5, 0.6) is 5.75 Å². The zero-order valence-corrected chi connectivity index (χ0v) is 19.4. The van der Waals surface area contributed by atoms with E-state index >= 15 is 0 Å². The minimum absolute atomic E-state index is 0.0216. The average molecular weight is 517 g/mol. The molecule has 0 aliphatic heterocycles. The second-order valence-corrected chi connectivity index (χ2v) is 11.0. The molecule has 0 amide bonds. The van der Waals surface area contributed by atoms with Gasteiger partial charge in [-0.2, -0.15) is 21.6 Å². The fourth-order valence-corrected chi connectivity index (χ4v) is 4.56. The van der Waals surface area contributed by atoms with Crippen molar-refractivity contribution in [2.75, 3.05) is 25.2 Å². The summed E-state index contributed by atoms with van der Waals surface area (Å²) >= 11 is 0. The molecule has 0 aliphatic carbocycles. The molecule has 0 heterocycles. The minimum Gasteiger partial charge on any atom is -0.459 e. The Morgan fingerprint density at radius 1 is 1.03 bits per heavy atom. The normalized spacial score (nSPS) is 13.1. The number of alkyl halides is 3. The lowest BCUT2D eigenvalue weighted by atomic mass is 10.2. The maximum absolute atomic E-state index is 12.6. The van der Waals surface area contributed by atoms with Crippen LogP contribution in [0.4, 0.5) is 13.2 Å². The molecule has 0 spiro atoms. The van der Waals surface area contributed by atoms with Gasteiger partial charge in [-0.15, -0.1) is 0 Å². The number of benzene rings is 1. The monoisotopic (exact) mass is 516 g/mol. The number of rotatable bonds is 12. The molecule has 186 valence electrons. The molecule has 0 aliphatic rings. The van der Waals surface area contributed by atoms with Gasteiger partial charge in [0, 0.05) is 11.8 Å². The zero-order chi connectivity index (χ0) is 25.4. The molecular weight excluding hydrogens is 493 g/mol. The molecule has 1 rings (SSSR count). The summed E-state index contributed by atoms with van der Waals surface area (Å²) in [5.41, 5.74) is 0.201. The number of halogens is 3. The van der Waals surface area contributed by atoms with Crippen molar-refractivity contribution < 1.29 is 53.3 Å². The Kier molecular flexibility index (Phi) is 9.90. The molecule has 0 saturated heterocycles. The number of hydrogen-bond donors (Lipinski definition) is 0. The van der Waals surface area contributed by atoms with E-state index in [0.717, 1.165) is 12.1 Å². The summed E-state index contributed by atoms with van der Waals surface area (Å²) < 4.78 is 99.3. The van der Waals surface area contributed by atoms with Crippen molar-refractivity contribution in [2.45, 2.75) is 31.2 Å². The van der Waals surface area contributed by atoms with Gasteiger partial charge in [-0.25, -0.2) is 18.0 Å². The first-order valence-corrected chi connectivity index (χ1v) is 12.8. The molecule has 0 bridgehead atoms. The molecular formula is C19H23F3O9S2. The molecule has 0 fully saturated rings. The van der Waals surface area contributed by atoms with Crippen LogP contribution in [0.25, 0.3) is 0 Å². The summed E-state index contributed by atoms with van der Waals surface area (Å²) in [5.74, 6) is -2.64. The van der Waals surface area contributed by atoms with E-state index in [9.17, 15) is 39.6 Å². The first-order chi connectivity index (χ1) is 15.0. The third-order valence-electron chi connectivity index (χ3n) is 3.97. The largest absolute Gasteiger partial charge is 0.459 e. The molecule has 1 aromatic carbocycles. The number of ether oxygens (including phenoxy) is 2. The number of sulfone groups is 1. The molecule has 0 radical (unpaired) electrons. The third-order valence-corrected chi connectivity index (χ3v) is 6.76. The number of carbonyl (C=O) groups excluding carboxylic acids is 2. The van der Waals surface area contributed by atoms with Gasteiger partial charge in [0.2, 0.25) is 0 Å². The number of esters is 2. The average Bonchev–Trinajstić information content (AvgIpc) is 2.66. The Morgan fingerprint density at radius 3 is 2.06 bits per heavy atom. The van der Waals surface area contributed by atoms with E-state index in [1.165, 1.54) is 19.1 Å². The molecule has 9 nitrogen and oxygen atoms in total. The summed E-state index contributed by atoms with van der Waals surface area (Å²) in [4.78, 5) is 23.1. The minimum atomic E-state index is -4.78. The van der Waals surface area contributed by atoms with Gasteiger partial charge in [0.1, 0.15) is 19.0 Å². The highest BCUT2D eigenvalue weighted by molar-refractivity contribution is 7.91. The van der Waals surface area contributed by atoms with Crippen molar-refractivity contribution in [3.05, 3.63) is 42.0 Å². The fourth-order valence-electron chi connectivity index (χ4n) is 2.31. The lowest BCUT2D eigenvalue weighted by Gasteiger charge is -2.17. The maximum atomic E-state index is 12.6. The lowest BCUT2D eigenvalue weighted by Crippen LogP contribution is -2.30. The Bertz CT molecular complexity index is 1060. The van der Waals surface area contributed by atoms with Gasteiger partial charge >= 0.3 is 28.2 Å². The van der Waals surface area contributed by atoms with Crippen molar-refractivity contribution in [3.8, 4) is 5.75 Å². The van der Waals surface area contributed by atoms with Gasteiger partial charge in [-0.3, -0.25) is 0 Å². The predicted octanol–water partition coefficient (Wildman–Crippen LogP) is 2.43. The SMILES string of the molecule is C=C(C)C(=O)OCCOC(=O)c1ccc(OS(=O)(=O)CCC(CC(F)(F)F)S(C)(=O)=O)cc1. The Morgan fingerprint density at radius 2 is 1.58 bits per heavy atom. The third kappa shape index (κ3) is 11.2. The van der Waals surface area contributed by atoms with Gasteiger partial charge in [0.25, 0.3) is 0 Å². The van der Waals surface area contributed by atoms with E-state index in [1.54, 1.807) is 0 Å². The van der Waals surface area contributed by atoms with E-state index in [2.05, 4.69) is 6.58 Å². The van der Waals surface area contributed by atoms with Crippen molar-refractivity contribution in [2.24, 2.45) is 0 Å². The van der Waals surface area contributed by atoms with Crippen LogP contribution in [0.1, 0.15) is 30.1 Å². The van der Waals surface area contributed by atoms with Crippen molar-refractivity contribution in [1.29, 1.82) is 0 Å². The van der Waals surface area contributed by atoms with E-state index in [1.807, 2.05) is 0 Å². The molecule has 14 heteroatoms. The van der Waals surface area contributed by atoms with E-state index in [-0.39, 0.29) is 30.1 Å².